The van der Waals surface area contributed by atoms with E-state index in [4.69, 9.17) is 0 Å². The lowest BCUT2D eigenvalue weighted by molar-refractivity contribution is 0.719. The van der Waals surface area contributed by atoms with Crippen LogP contribution < -0.4 is 30.5 Å². The highest BCUT2D eigenvalue weighted by atomic mass is 28.3. The summed E-state index contributed by atoms with van der Waals surface area (Å²) in [5, 5.41) is 6.02. The number of hydrogen-bond donors (Lipinski definition) is 0. The molecule has 4 aliphatic heterocycles. The number of fused-ring (bicyclic) bond motifs is 18. The molecule has 0 atom stereocenters. The fourth-order valence-electron chi connectivity index (χ4n) is 11.7. The van der Waals surface area contributed by atoms with E-state index in [1.165, 1.54) is 105 Å². The van der Waals surface area contributed by atoms with E-state index in [9.17, 15) is 0 Å². The van der Waals surface area contributed by atoms with E-state index in [2.05, 4.69) is 230 Å². The van der Waals surface area contributed by atoms with Gasteiger partial charge in [0.2, 0.25) is 0 Å². The normalized spacial score (nSPS) is 15.0. The zero-order chi connectivity index (χ0) is 39.7. The van der Waals surface area contributed by atoms with Crippen LogP contribution in [0.5, 0.6) is 0 Å². The molecule has 0 aliphatic carbocycles. The monoisotopic (exact) mass is 780 g/mol. The van der Waals surface area contributed by atoms with E-state index >= 15 is 0 Å². The fraction of sp³-hybridized carbons (Fsp3) is 0.0526. The molecule has 2 nitrogen and oxygen atoms in total. The molecule has 0 N–H and O–H groups in total. The lowest BCUT2D eigenvalue weighted by Crippen LogP contribution is -2.70. The van der Waals surface area contributed by atoms with Crippen LogP contribution in [0.15, 0.2) is 206 Å². The summed E-state index contributed by atoms with van der Waals surface area (Å²) < 4.78 is 0. The van der Waals surface area contributed by atoms with Crippen LogP contribution in [0.3, 0.4) is 0 Å². The van der Waals surface area contributed by atoms with Crippen LogP contribution in [-0.2, 0) is 5.41 Å². The molecular formula is C57H40N2Si. The van der Waals surface area contributed by atoms with E-state index in [1.807, 2.05) is 0 Å². The number of benzene rings is 9. The molecule has 3 heteroatoms. The lowest BCUT2D eigenvalue weighted by atomic mass is 9.60. The minimum Gasteiger partial charge on any atom is -0.310 e. The molecule has 4 aliphatic rings. The van der Waals surface area contributed by atoms with Crippen LogP contribution in [0.1, 0.15) is 33.4 Å². The van der Waals surface area contributed by atoms with E-state index in [-0.39, 0.29) is 0 Å². The summed E-state index contributed by atoms with van der Waals surface area (Å²) in [6.45, 7) is 4.51. The molecular weight excluding hydrogens is 741 g/mol. The predicted molar refractivity (Wildman–Crippen MR) is 252 cm³/mol. The number of aryl methyl sites for hydroxylation is 2. The molecule has 0 fully saturated rings. The number of rotatable bonds is 2. The second-order valence-corrected chi connectivity index (χ2v) is 20.6. The summed E-state index contributed by atoms with van der Waals surface area (Å²) in [5.74, 6) is 0. The van der Waals surface area contributed by atoms with E-state index in [0.29, 0.717) is 0 Å². The van der Waals surface area contributed by atoms with Crippen molar-refractivity contribution in [1.82, 2.24) is 0 Å². The average Bonchev–Trinajstić information content (AvgIpc) is 3.75. The van der Waals surface area contributed by atoms with Crippen molar-refractivity contribution in [3.05, 3.63) is 240 Å². The average molecular weight is 781 g/mol. The Bertz CT molecular complexity index is 3120. The van der Waals surface area contributed by atoms with Crippen LogP contribution in [0.25, 0.3) is 22.3 Å². The maximum Gasteiger partial charge on any atom is 0.182 e. The van der Waals surface area contributed by atoms with Gasteiger partial charge >= 0.3 is 0 Å². The Morgan fingerprint density at radius 1 is 0.317 bits per heavy atom. The van der Waals surface area contributed by atoms with Crippen molar-refractivity contribution in [2.75, 3.05) is 9.80 Å². The predicted octanol–water partition coefficient (Wildman–Crippen LogP) is 11.6. The van der Waals surface area contributed by atoms with Crippen LogP contribution in [0.2, 0.25) is 0 Å². The third-order valence-electron chi connectivity index (χ3n) is 13.9. The van der Waals surface area contributed by atoms with Gasteiger partial charge in [-0.15, -0.1) is 0 Å². The molecule has 4 heterocycles. The van der Waals surface area contributed by atoms with Crippen LogP contribution >= 0.6 is 0 Å². The number of anilines is 6. The SMILES string of the molecule is Cc1ccc2c(c1)[Si]1(c3ccccc3-c3ccc(N4c5ccccc5C5(c6ccccc6N(c6ccccc6)c6ccccc65)c5ccccc54)cc31)c1cc(C)ccc1-2. The number of hydrogen-bond acceptors (Lipinski definition) is 2. The Balaban J connectivity index is 1.10. The molecule has 0 saturated carbocycles. The fourth-order valence-corrected chi connectivity index (χ4v) is 17.6. The third kappa shape index (κ3) is 4.12. The van der Waals surface area contributed by atoms with Crippen molar-refractivity contribution >= 4 is 62.9 Å². The molecule has 0 amide bonds. The van der Waals surface area contributed by atoms with Gasteiger partial charge in [0.1, 0.15) is 0 Å². The van der Waals surface area contributed by atoms with Gasteiger partial charge in [-0.2, -0.15) is 0 Å². The second-order valence-electron chi connectivity index (χ2n) is 16.9. The summed E-state index contributed by atoms with van der Waals surface area (Å²) in [6.07, 6.45) is 0. The molecule has 9 aromatic carbocycles. The van der Waals surface area contributed by atoms with Crippen molar-refractivity contribution in [1.29, 1.82) is 0 Å². The first-order valence-electron chi connectivity index (χ1n) is 21.1. The van der Waals surface area contributed by atoms with Crippen molar-refractivity contribution < 1.29 is 0 Å². The van der Waals surface area contributed by atoms with Crippen molar-refractivity contribution in [3.8, 4) is 22.3 Å². The van der Waals surface area contributed by atoms with Gasteiger partial charge in [-0.05, 0) is 128 Å². The molecule has 0 bridgehead atoms. The van der Waals surface area contributed by atoms with Gasteiger partial charge in [-0.1, -0.05) is 169 Å². The maximum absolute atomic E-state index is 2.70. The van der Waals surface area contributed by atoms with Gasteiger partial charge in [0, 0.05) is 11.4 Å². The molecule has 60 heavy (non-hydrogen) atoms. The summed E-state index contributed by atoms with van der Waals surface area (Å²) in [7, 11) is -2.70. The van der Waals surface area contributed by atoms with Gasteiger partial charge in [-0.3, -0.25) is 0 Å². The summed E-state index contributed by atoms with van der Waals surface area (Å²) in [5.41, 5.74) is 19.9. The smallest absolute Gasteiger partial charge is 0.182 e. The van der Waals surface area contributed by atoms with Gasteiger partial charge < -0.3 is 9.80 Å². The first kappa shape index (κ1) is 33.7. The molecule has 0 aromatic heterocycles. The Morgan fingerprint density at radius 3 is 1.22 bits per heavy atom. The quantitative estimate of drug-likeness (QED) is 0.161. The molecule has 282 valence electrons. The molecule has 0 unspecified atom stereocenters. The third-order valence-corrected chi connectivity index (χ3v) is 18.9. The summed E-state index contributed by atoms with van der Waals surface area (Å²) in [6, 6.07) is 78.5. The Kier molecular flexibility index (Phi) is 6.84. The molecule has 13 rings (SSSR count). The van der Waals surface area contributed by atoms with Crippen molar-refractivity contribution in [3.63, 3.8) is 0 Å². The van der Waals surface area contributed by atoms with Gasteiger partial charge in [0.05, 0.1) is 28.2 Å². The van der Waals surface area contributed by atoms with Gasteiger partial charge in [-0.25, -0.2) is 0 Å². The standard InChI is InChI=1S/C57H40N2Si/c1-37-28-31-42-43-32-29-38(2)35-55(43)60(54(42)34-37)53-27-15-6-18-41(53)44-33-30-40(36-56(44)60)59-51-25-13-9-21-47(51)57(48-22-10-14-26-52(48)59)45-19-7-11-23-49(45)58(39-16-4-3-5-17-39)50-24-12-8-20-46(50)57/h3-36H,1-2H3. The highest BCUT2D eigenvalue weighted by Crippen LogP contribution is 2.63. The van der Waals surface area contributed by atoms with Gasteiger partial charge in [0.25, 0.3) is 0 Å². The van der Waals surface area contributed by atoms with Gasteiger partial charge in [0.15, 0.2) is 8.07 Å². The first-order valence-corrected chi connectivity index (χ1v) is 23.1. The van der Waals surface area contributed by atoms with Crippen LogP contribution in [0.4, 0.5) is 34.1 Å². The summed E-state index contributed by atoms with van der Waals surface area (Å²) in [4.78, 5) is 5.02. The molecule has 9 aromatic rings. The van der Waals surface area contributed by atoms with Crippen molar-refractivity contribution in [2.24, 2.45) is 0 Å². The minimum atomic E-state index is -2.70. The Hall–Kier alpha value is -7.20. The van der Waals surface area contributed by atoms with E-state index < -0.39 is 13.5 Å². The highest BCUT2D eigenvalue weighted by molar-refractivity contribution is 7.24. The molecule has 2 spiro atoms. The summed E-state index contributed by atoms with van der Waals surface area (Å²) >= 11 is 0. The van der Waals surface area contributed by atoms with Crippen molar-refractivity contribution in [2.45, 2.75) is 19.3 Å². The maximum atomic E-state index is 2.59. The second kappa shape index (κ2) is 12.2. The minimum absolute atomic E-state index is 0.566. The Morgan fingerprint density at radius 2 is 0.700 bits per heavy atom. The zero-order valence-electron chi connectivity index (χ0n) is 33.5. The van der Waals surface area contributed by atoms with Crippen LogP contribution in [0, 0.1) is 13.8 Å². The number of nitrogens with zero attached hydrogens (tertiary/aromatic N) is 2. The van der Waals surface area contributed by atoms with E-state index in [0.717, 1.165) is 5.69 Å². The zero-order valence-corrected chi connectivity index (χ0v) is 34.5. The lowest BCUT2D eigenvalue weighted by Gasteiger charge is -2.51. The first-order chi connectivity index (χ1) is 29.6. The molecule has 0 radical (unpaired) electrons. The molecule has 0 saturated heterocycles. The largest absolute Gasteiger partial charge is 0.310 e. The van der Waals surface area contributed by atoms with E-state index in [1.54, 1.807) is 0 Å². The Labute approximate surface area is 352 Å². The number of para-hydroxylation sites is 5. The topological polar surface area (TPSA) is 6.48 Å². The van der Waals surface area contributed by atoms with Crippen LogP contribution in [-0.4, -0.2) is 8.07 Å². The highest BCUT2D eigenvalue weighted by Gasteiger charge is 2.55.